The number of hydrogen-bond donors (Lipinski definition) is 1. The minimum atomic E-state index is -0.465. The van der Waals surface area contributed by atoms with E-state index in [1.165, 1.54) is 6.07 Å². The van der Waals surface area contributed by atoms with Gasteiger partial charge in [0.15, 0.2) is 0 Å². The fraction of sp³-hybridized carbons (Fsp3) is 0.188. The van der Waals surface area contributed by atoms with Crippen LogP contribution in [0.2, 0.25) is 5.02 Å². The molecule has 0 radical (unpaired) electrons. The summed E-state index contributed by atoms with van der Waals surface area (Å²) in [6.07, 6.45) is 0. The van der Waals surface area contributed by atoms with Crippen molar-refractivity contribution in [3.63, 3.8) is 0 Å². The van der Waals surface area contributed by atoms with Crippen LogP contribution >= 0.6 is 27.5 Å². The van der Waals surface area contributed by atoms with Crippen LogP contribution in [-0.2, 0) is 0 Å². The van der Waals surface area contributed by atoms with E-state index in [2.05, 4.69) is 21.2 Å². The zero-order valence-corrected chi connectivity index (χ0v) is 14.2. The van der Waals surface area contributed by atoms with Crippen LogP contribution in [0.4, 0.5) is 10.1 Å². The summed E-state index contributed by atoms with van der Waals surface area (Å²) < 4.78 is 13.6. The molecule has 0 aliphatic heterocycles. The van der Waals surface area contributed by atoms with Crippen LogP contribution in [0.25, 0.3) is 0 Å². The van der Waals surface area contributed by atoms with Gasteiger partial charge in [-0.25, -0.2) is 4.39 Å². The highest BCUT2D eigenvalue weighted by atomic mass is 79.9. The summed E-state index contributed by atoms with van der Waals surface area (Å²) in [5.74, 6) is -0.730. The Balaban J connectivity index is 2.40. The fourth-order valence-electron chi connectivity index (χ4n) is 2.38. The van der Waals surface area contributed by atoms with Gasteiger partial charge in [-0.1, -0.05) is 29.3 Å². The smallest absolute Gasteiger partial charge is 0.256 e. The van der Waals surface area contributed by atoms with Gasteiger partial charge in [-0.15, -0.1) is 0 Å². The van der Waals surface area contributed by atoms with E-state index in [1.807, 2.05) is 32.9 Å². The van der Waals surface area contributed by atoms with Gasteiger partial charge < -0.3 is 5.32 Å². The molecule has 110 valence electrons. The maximum absolute atomic E-state index is 13.2. The van der Waals surface area contributed by atoms with Gasteiger partial charge in [-0.2, -0.15) is 0 Å². The first-order valence-electron chi connectivity index (χ1n) is 6.33. The monoisotopic (exact) mass is 369 g/mol. The van der Waals surface area contributed by atoms with Crippen LogP contribution in [0.5, 0.6) is 0 Å². The minimum absolute atomic E-state index is 0.151. The molecular weight excluding hydrogens is 357 g/mol. The molecule has 0 spiro atoms. The second-order valence-corrected chi connectivity index (χ2v) is 6.23. The van der Waals surface area contributed by atoms with Crippen molar-refractivity contribution in [2.75, 3.05) is 5.32 Å². The molecule has 0 saturated heterocycles. The predicted octanol–water partition coefficient (Wildman–Crippen LogP) is 5.42. The molecule has 21 heavy (non-hydrogen) atoms. The number of halogens is 3. The largest absolute Gasteiger partial charge is 0.320 e. The Morgan fingerprint density at radius 3 is 2.24 bits per heavy atom. The molecule has 0 atom stereocenters. The van der Waals surface area contributed by atoms with Gasteiger partial charge in [0, 0.05) is 10.0 Å². The highest BCUT2D eigenvalue weighted by molar-refractivity contribution is 9.10. The lowest BCUT2D eigenvalue weighted by Gasteiger charge is -2.14. The lowest BCUT2D eigenvalue weighted by molar-refractivity contribution is 0.102. The molecule has 0 bridgehead atoms. The standard InChI is InChI=1S/C16H14BrClFNO/c1-8-4-9(2)14(10(3)5-8)16(21)20-15-12(17)6-11(19)7-13(15)18/h4-7H,1-3H3,(H,20,21). The Hall–Kier alpha value is -1.39. The van der Waals surface area contributed by atoms with E-state index in [4.69, 9.17) is 11.6 Å². The summed E-state index contributed by atoms with van der Waals surface area (Å²) in [6, 6.07) is 6.32. The molecule has 0 unspecified atom stereocenters. The second-order valence-electron chi connectivity index (χ2n) is 4.97. The first-order chi connectivity index (χ1) is 9.79. The van der Waals surface area contributed by atoms with Crippen LogP contribution in [0.15, 0.2) is 28.7 Å². The summed E-state index contributed by atoms with van der Waals surface area (Å²) in [5.41, 5.74) is 3.84. The van der Waals surface area contributed by atoms with Gasteiger partial charge in [0.1, 0.15) is 5.82 Å². The van der Waals surface area contributed by atoms with Crippen molar-refractivity contribution >= 4 is 39.1 Å². The molecule has 0 aliphatic rings. The van der Waals surface area contributed by atoms with Crippen LogP contribution in [-0.4, -0.2) is 5.91 Å². The molecule has 0 heterocycles. The van der Waals surface area contributed by atoms with Crippen LogP contribution in [0.1, 0.15) is 27.0 Å². The van der Waals surface area contributed by atoms with Crippen molar-refractivity contribution in [3.8, 4) is 0 Å². The van der Waals surface area contributed by atoms with E-state index in [9.17, 15) is 9.18 Å². The van der Waals surface area contributed by atoms with Gasteiger partial charge in [-0.3, -0.25) is 4.79 Å². The third kappa shape index (κ3) is 3.44. The van der Waals surface area contributed by atoms with Gasteiger partial charge in [0.25, 0.3) is 5.91 Å². The Morgan fingerprint density at radius 1 is 1.14 bits per heavy atom. The normalized spacial score (nSPS) is 10.6. The number of carbonyl (C=O) groups is 1. The third-order valence-electron chi connectivity index (χ3n) is 3.15. The summed E-state index contributed by atoms with van der Waals surface area (Å²) in [6.45, 7) is 5.75. The average Bonchev–Trinajstić information content (AvgIpc) is 2.32. The zero-order valence-electron chi connectivity index (χ0n) is 11.9. The lowest BCUT2D eigenvalue weighted by atomic mass is 9.99. The number of nitrogens with one attached hydrogen (secondary N) is 1. The molecule has 0 saturated carbocycles. The van der Waals surface area contributed by atoms with E-state index in [0.29, 0.717) is 15.7 Å². The number of carbonyl (C=O) groups excluding carboxylic acids is 1. The van der Waals surface area contributed by atoms with Crippen molar-refractivity contribution in [3.05, 3.63) is 61.8 Å². The summed E-state index contributed by atoms with van der Waals surface area (Å²) in [5, 5.41) is 2.89. The van der Waals surface area contributed by atoms with E-state index in [-0.39, 0.29) is 10.9 Å². The summed E-state index contributed by atoms with van der Waals surface area (Å²) >= 11 is 9.19. The van der Waals surface area contributed by atoms with Crippen molar-refractivity contribution in [1.82, 2.24) is 0 Å². The van der Waals surface area contributed by atoms with Crippen LogP contribution in [0, 0.1) is 26.6 Å². The first kappa shape index (κ1) is 16.0. The summed E-state index contributed by atoms with van der Waals surface area (Å²) in [4.78, 5) is 12.5. The topological polar surface area (TPSA) is 29.1 Å². The fourth-order valence-corrected chi connectivity index (χ4v) is 3.27. The maximum atomic E-state index is 13.2. The third-order valence-corrected chi connectivity index (χ3v) is 4.07. The molecule has 2 aromatic rings. The van der Waals surface area contributed by atoms with Gasteiger partial charge in [0.05, 0.1) is 10.7 Å². The quantitative estimate of drug-likeness (QED) is 0.751. The molecule has 1 N–H and O–H groups in total. The molecule has 0 aromatic heterocycles. The maximum Gasteiger partial charge on any atom is 0.256 e. The molecule has 2 aromatic carbocycles. The SMILES string of the molecule is Cc1cc(C)c(C(=O)Nc2c(Cl)cc(F)cc2Br)c(C)c1. The van der Waals surface area contributed by atoms with E-state index in [1.54, 1.807) is 0 Å². The number of anilines is 1. The number of rotatable bonds is 2. The van der Waals surface area contributed by atoms with Gasteiger partial charge in [0.2, 0.25) is 0 Å². The van der Waals surface area contributed by atoms with Crippen molar-refractivity contribution in [2.45, 2.75) is 20.8 Å². The van der Waals surface area contributed by atoms with E-state index in [0.717, 1.165) is 22.8 Å². The second kappa shape index (κ2) is 6.16. The molecule has 0 fully saturated rings. The minimum Gasteiger partial charge on any atom is -0.320 e. The number of hydrogen-bond acceptors (Lipinski definition) is 1. The summed E-state index contributed by atoms with van der Waals surface area (Å²) in [7, 11) is 0. The predicted molar refractivity (Wildman–Crippen MR) is 87.7 cm³/mol. The molecule has 2 nitrogen and oxygen atoms in total. The van der Waals surface area contributed by atoms with Crippen LogP contribution in [0.3, 0.4) is 0 Å². The average molecular weight is 371 g/mol. The number of benzene rings is 2. The van der Waals surface area contributed by atoms with Crippen molar-refractivity contribution < 1.29 is 9.18 Å². The van der Waals surface area contributed by atoms with Gasteiger partial charge >= 0.3 is 0 Å². The van der Waals surface area contributed by atoms with Crippen molar-refractivity contribution in [2.24, 2.45) is 0 Å². The number of aryl methyl sites for hydroxylation is 3. The first-order valence-corrected chi connectivity index (χ1v) is 7.50. The highest BCUT2D eigenvalue weighted by Crippen LogP contribution is 2.32. The Labute approximate surface area is 136 Å². The molecule has 5 heteroatoms. The molecule has 1 amide bonds. The Morgan fingerprint density at radius 2 is 1.71 bits per heavy atom. The molecular formula is C16H14BrClFNO. The molecule has 2 rings (SSSR count). The van der Waals surface area contributed by atoms with E-state index >= 15 is 0 Å². The van der Waals surface area contributed by atoms with Gasteiger partial charge in [-0.05, 0) is 60.0 Å². The number of amides is 1. The highest BCUT2D eigenvalue weighted by Gasteiger charge is 2.16. The van der Waals surface area contributed by atoms with Crippen LogP contribution < -0.4 is 5.32 Å². The zero-order chi connectivity index (χ0) is 15.7. The Bertz CT molecular complexity index is 684. The van der Waals surface area contributed by atoms with E-state index < -0.39 is 5.82 Å². The lowest BCUT2D eigenvalue weighted by Crippen LogP contribution is -2.16. The van der Waals surface area contributed by atoms with Crippen molar-refractivity contribution in [1.29, 1.82) is 0 Å². The molecule has 0 aliphatic carbocycles. The Kier molecular flexibility index (Phi) is 4.69.